The Morgan fingerprint density at radius 1 is 0.727 bits per heavy atom. The van der Waals surface area contributed by atoms with Gasteiger partial charge in [-0.2, -0.15) is 0 Å². The van der Waals surface area contributed by atoms with Gasteiger partial charge in [-0.1, -0.05) is 60.7 Å². The summed E-state index contributed by atoms with van der Waals surface area (Å²) in [7, 11) is 0. The Morgan fingerprint density at radius 2 is 1.50 bits per heavy atom. The molecule has 4 rings (SSSR count). The van der Waals surface area contributed by atoms with Crippen LogP contribution in [-0.2, 0) is 6.42 Å². The Kier molecular flexibility index (Phi) is 3.28. The molecule has 108 valence electrons. The number of hydrogen-bond acceptors (Lipinski definition) is 2. The average molecular weight is 288 g/mol. The molecule has 2 heteroatoms. The number of fused-ring (bicyclic) bond motifs is 1. The van der Waals surface area contributed by atoms with Crippen LogP contribution in [0.1, 0.15) is 11.1 Å². The first-order valence-electron chi connectivity index (χ1n) is 7.42. The van der Waals surface area contributed by atoms with Gasteiger partial charge < -0.3 is 9.47 Å². The van der Waals surface area contributed by atoms with Crippen LogP contribution < -0.4 is 9.47 Å². The van der Waals surface area contributed by atoms with E-state index in [2.05, 4.69) is 60.7 Å². The fourth-order valence-electron chi connectivity index (χ4n) is 2.84. The molecule has 0 bridgehead atoms. The molecule has 0 amide bonds. The third-order valence-corrected chi connectivity index (χ3v) is 3.93. The Balaban J connectivity index is 1.69. The zero-order chi connectivity index (χ0) is 14.8. The van der Waals surface area contributed by atoms with E-state index in [4.69, 9.17) is 9.47 Å². The molecule has 0 unspecified atom stereocenters. The van der Waals surface area contributed by atoms with Crippen LogP contribution in [0.2, 0.25) is 0 Å². The Morgan fingerprint density at radius 3 is 2.41 bits per heavy atom. The fraction of sp³-hybridized carbons (Fsp3) is 0.100. The highest BCUT2D eigenvalue weighted by Gasteiger charge is 2.14. The third-order valence-electron chi connectivity index (χ3n) is 3.93. The monoisotopic (exact) mass is 288 g/mol. The zero-order valence-corrected chi connectivity index (χ0v) is 12.2. The second-order valence-corrected chi connectivity index (χ2v) is 5.39. The number of hydrogen-bond donors (Lipinski definition) is 0. The average Bonchev–Trinajstić information content (AvgIpc) is 3.04. The predicted octanol–water partition coefficient (Wildman–Crippen LogP) is 4.67. The lowest BCUT2D eigenvalue weighted by Crippen LogP contribution is -1.93. The van der Waals surface area contributed by atoms with Crippen LogP contribution >= 0.6 is 0 Å². The van der Waals surface area contributed by atoms with Crippen molar-refractivity contribution in [3.05, 3.63) is 83.9 Å². The molecule has 3 aromatic rings. The molecule has 0 saturated heterocycles. The van der Waals surface area contributed by atoms with Gasteiger partial charge in [0.05, 0.1) is 0 Å². The predicted molar refractivity (Wildman–Crippen MR) is 87.2 cm³/mol. The van der Waals surface area contributed by atoms with E-state index in [0.717, 1.165) is 17.9 Å². The summed E-state index contributed by atoms with van der Waals surface area (Å²) >= 11 is 0. The van der Waals surface area contributed by atoms with Crippen molar-refractivity contribution in [2.75, 3.05) is 6.79 Å². The molecule has 1 aliphatic rings. The van der Waals surface area contributed by atoms with Crippen molar-refractivity contribution in [3.63, 3.8) is 0 Å². The molecule has 0 radical (unpaired) electrons. The SMILES string of the molecule is c1ccc(-c2ccccc2Cc2ccc3c(c2)OCO3)cc1. The molecule has 0 fully saturated rings. The van der Waals surface area contributed by atoms with Crippen molar-refractivity contribution in [2.24, 2.45) is 0 Å². The molecular weight excluding hydrogens is 272 g/mol. The highest BCUT2D eigenvalue weighted by molar-refractivity contribution is 5.67. The van der Waals surface area contributed by atoms with Gasteiger partial charge in [0.15, 0.2) is 11.5 Å². The van der Waals surface area contributed by atoms with Crippen LogP contribution in [0.3, 0.4) is 0 Å². The van der Waals surface area contributed by atoms with Crippen LogP contribution in [0.15, 0.2) is 72.8 Å². The largest absolute Gasteiger partial charge is 0.454 e. The van der Waals surface area contributed by atoms with Crippen LogP contribution in [0.25, 0.3) is 11.1 Å². The van der Waals surface area contributed by atoms with Crippen molar-refractivity contribution >= 4 is 0 Å². The summed E-state index contributed by atoms with van der Waals surface area (Å²) in [6, 6.07) is 25.2. The molecule has 0 atom stereocenters. The lowest BCUT2D eigenvalue weighted by Gasteiger charge is -2.10. The van der Waals surface area contributed by atoms with Gasteiger partial charge in [0, 0.05) is 0 Å². The quantitative estimate of drug-likeness (QED) is 0.697. The van der Waals surface area contributed by atoms with E-state index in [-0.39, 0.29) is 0 Å². The van der Waals surface area contributed by atoms with Gasteiger partial charge in [-0.15, -0.1) is 0 Å². The number of rotatable bonds is 3. The Labute approximate surface area is 129 Å². The summed E-state index contributed by atoms with van der Waals surface area (Å²) in [6.07, 6.45) is 0.877. The van der Waals surface area contributed by atoms with Crippen molar-refractivity contribution in [3.8, 4) is 22.6 Å². The molecular formula is C20H16O2. The van der Waals surface area contributed by atoms with Gasteiger partial charge in [0.25, 0.3) is 0 Å². The third kappa shape index (κ3) is 2.44. The summed E-state index contributed by atoms with van der Waals surface area (Å²) in [6.45, 7) is 0.319. The lowest BCUT2D eigenvalue weighted by atomic mass is 9.95. The number of benzene rings is 3. The highest BCUT2D eigenvalue weighted by atomic mass is 16.7. The highest BCUT2D eigenvalue weighted by Crippen LogP contribution is 2.34. The first-order valence-corrected chi connectivity index (χ1v) is 7.42. The summed E-state index contributed by atoms with van der Waals surface area (Å²) in [5.41, 5.74) is 5.07. The topological polar surface area (TPSA) is 18.5 Å². The molecule has 1 heterocycles. The van der Waals surface area contributed by atoms with E-state index in [9.17, 15) is 0 Å². The molecule has 2 nitrogen and oxygen atoms in total. The molecule has 0 saturated carbocycles. The van der Waals surface area contributed by atoms with Gasteiger partial charge in [-0.05, 0) is 40.8 Å². The molecule has 22 heavy (non-hydrogen) atoms. The van der Waals surface area contributed by atoms with E-state index >= 15 is 0 Å². The fourth-order valence-corrected chi connectivity index (χ4v) is 2.84. The maximum Gasteiger partial charge on any atom is 0.231 e. The van der Waals surface area contributed by atoms with Crippen LogP contribution in [0, 0.1) is 0 Å². The minimum atomic E-state index is 0.319. The maximum atomic E-state index is 5.47. The summed E-state index contributed by atoms with van der Waals surface area (Å²) in [5, 5.41) is 0. The van der Waals surface area contributed by atoms with E-state index in [0.29, 0.717) is 6.79 Å². The molecule has 3 aromatic carbocycles. The van der Waals surface area contributed by atoms with Gasteiger partial charge in [-0.3, -0.25) is 0 Å². The van der Waals surface area contributed by atoms with Crippen molar-refractivity contribution in [2.45, 2.75) is 6.42 Å². The van der Waals surface area contributed by atoms with E-state index < -0.39 is 0 Å². The second-order valence-electron chi connectivity index (χ2n) is 5.39. The Hall–Kier alpha value is -2.74. The van der Waals surface area contributed by atoms with Gasteiger partial charge in [0.2, 0.25) is 6.79 Å². The van der Waals surface area contributed by atoms with Gasteiger partial charge in [0.1, 0.15) is 0 Å². The summed E-state index contributed by atoms with van der Waals surface area (Å²) in [4.78, 5) is 0. The van der Waals surface area contributed by atoms with E-state index in [1.165, 1.54) is 22.3 Å². The zero-order valence-electron chi connectivity index (χ0n) is 12.2. The second kappa shape index (κ2) is 5.57. The summed E-state index contributed by atoms with van der Waals surface area (Å²) < 4.78 is 10.8. The standard InChI is InChI=1S/C20H16O2/c1-2-6-16(7-3-1)18-9-5-4-8-17(18)12-15-10-11-19-20(13-15)22-14-21-19/h1-11,13H,12,14H2. The smallest absolute Gasteiger partial charge is 0.231 e. The first-order chi connectivity index (χ1) is 10.9. The normalized spacial score (nSPS) is 12.4. The minimum Gasteiger partial charge on any atom is -0.454 e. The lowest BCUT2D eigenvalue weighted by molar-refractivity contribution is 0.174. The number of ether oxygens (including phenoxy) is 2. The van der Waals surface area contributed by atoms with Crippen molar-refractivity contribution < 1.29 is 9.47 Å². The van der Waals surface area contributed by atoms with Gasteiger partial charge in [-0.25, -0.2) is 0 Å². The van der Waals surface area contributed by atoms with E-state index in [1.54, 1.807) is 0 Å². The molecule has 0 aromatic heterocycles. The molecule has 0 spiro atoms. The molecule has 0 aliphatic carbocycles. The Bertz CT molecular complexity index is 794. The van der Waals surface area contributed by atoms with E-state index in [1.807, 2.05) is 12.1 Å². The minimum absolute atomic E-state index is 0.319. The maximum absolute atomic E-state index is 5.47. The van der Waals surface area contributed by atoms with Gasteiger partial charge >= 0.3 is 0 Å². The van der Waals surface area contributed by atoms with Crippen LogP contribution in [0.4, 0.5) is 0 Å². The first kappa shape index (κ1) is 13.0. The summed E-state index contributed by atoms with van der Waals surface area (Å²) in [5.74, 6) is 1.68. The molecule has 0 N–H and O–H groups in total. The van der Waals surface area contributed by atoms with Crippen molar-refractivity contribution in [1.82, 2.24) is 0 Å². The van der Waals surface area contributed by atoms with Crippen molar-refractivity contribution in [1.29, 1.82) is 0 Å². The van der Waals surface area contributed by atoms with Crippen LogP contribution in [0.5, 0.6) is 11.5 Å². The molecule has 1 aliphatic heterocycles. The van der Waals surface area contributed by atoms with Crippen LogP contribution in [-0.4, -0.2) is 6.79 Å².